The molecule has 0 N–H and O–H groups in total. The van der Waals surface area contributed by atoms with E-state index in [0.717, 1.165) is 0 Å². The number of rotatable bonds is 4. The van der Waals surface area contributed by atoms with Crippen molar-refractivity contribution in [3.63, 3.8) is 0 Å². The minimum Gasteiger partial charge on any atom is -0.300 e. The van der Waals surface area contributed by atoms with Crippen molar-refractivity contribution in [2.45, 2.75) is 64.7 Å². The second-order valence-corrected chi connectivity index (χ2v) is 11.7. The molecule has 1 unspecified atom stereocenters. The number of carbonyl (C=O) groups is 2. The summed E-state index contributed by atoms with van der Waals surface area (Å²) in [5, 5.41) is 0.152. The third kappa shape index (κ3) is 3.56. The number of carbonyl (C=O) groups excluding carboxylic acids is 2. The van der Waals surface area contributed by atoms with Gasteiger partial charge < -0.3 is 9.59 Å². The van der Waals surface area contributed by atoms with Crippen molar-refractivity contribution in [1.29, 1.82) is 0 Å². The first kappa shape index (κ1) is 14.6. The first-order valence-corrected chi connectivity index (χ1v) is 8.57. The van der Waals surface area contributed by atoms with Crippen LogP contribution in [0.4, 0.5) is 0 Å². The van der Waals surface area contributed by atoms with Crippen molar-refractivity contribution in [3.8, 4) is 0 Å². The van der Waals surface area contributed by atoms with Crippen molar-refractivity contribution in [1.82, 2.24) is 0 Å². The van der Waals surface area contributed by atoms with Crippen LogP contribution in [-0.4, -0.2) is 19.6 Å². The van der Waals surface area contributed by atoms with Gasteiger partial charge in [0, 0.05) is 12.0 Å². The maximum atomic E-state index is 11.7. The zero-order chi connectivity index (χ0) is 12.4. The molecular formula is C12H24O2Si. The lowest BCUT2D eigenvalue weighted by atomic mass is 10.2. The Morgan fingerprint density at radius 3 is 1.73 bits per heavy atom. The average Bonchev–Trinajstić information content (AvgIpc) is 1.96. The molecule has 0 aromatic carbocycles. The van der Waals surface area contributed by atoms with Crippen molar-refractivity contribution in [3.05, 3.63) is 0 Å². The van der Waals surface area contributed by atoms with Gasteiger partial charge in [-0.05, 0) is 18.9 Å². The molecule has 0 rings (SSSR count). The molecule has 0 bridgehead atoms. The van der Waals surface area contributed by atoms with E-state index in [2.05, 4.69) is 33.9 Å². The molecule has 0 aliphatic rings. The molecule has 0 aromatic rings. The van der Waals surface area contributed by atoms with Crippen LogP contribution in [-0.2, 0) is 9.59 Å². The zero-order valence-corrected chi connectivity index (χ0v) is 12.1. The lowest BCUT2D eigenvalue weighted by Crippen LogP contribution is -2.45. The van der Waals surface area contributed by atoms with Crippen LogP contribution in [0.3, 0.4) is 0 Å². The molecule has 0 aromatic heterocycles. The fraction of sp³-hybridized carbons (Fsp3) is 0.833. The standard InChI is InChI=1S/C12H24O2Si/c1-9(13)8-11(10(2)14)15(6,7)12(3,4)5/h11H,8H2,1-7H3. The number of Topliss-reactive ketones (excluding diaryl/α,β-unsaturated/α-hetero) is 2. The monoisotopic (exact) mass is 228 g/mol. The van der Waals surface area contributed by atoms with E-state index in [1.807, 2.05) is 0 Å². The Balaban J connectivity index is 5.08. The summed E-state index contributed by atoms with van der Waals surface area (Å²) in [4.78, 5) is 22.9. The summed E-state index contributed by atoms with van der Waals surface area (Å²) in [7, 11) is -1.73. The van der Waals surface area contributed by atoms with Crippen molar-refractivity contribution >= 4 is 19.6 Å². The van der Waals surface area contributed by atoms with Gasteiger partial charge in [-0.15, -0.1) is 0 Å². The normalized spacial score (nSPS) is 14.9. The predicted octanol–water partition coefficient (Wildman–Crippen LogP) is 3.43. The summed E-state index contributed by atoms with van der Waals surface area (Å²) in [6.45, 7) is 14.1. The number of ketones is 2. The van der Waals surface area contributed by atoms with Gasteiger partial charge in [0.15, 0.2) is 0 Å². The summed E-state index contributed by atoms with van der Waals surface area (Å²) >= 11 is 0. The topological polar surface area (TPSA) is 34.1 Å². The molecule has 0 fully saturated rings. The van der Waals surface area contributed by atoms with Crippen LogP contribution in [0.2, 0.25) is 23.7 Å². The van der Waals surface area contributed by atoms with Crippen molar-refractivity contribution < 1.29 is 9.59 Å². The maximum Gasteiger partial charge on any atom is 0.130 e. The minimum absolute atomic E-state index is 0.0324. The Labute approximate surface area is 94.5 Å². The largest absolute Gasteiger partial charge is 0.300 e. The van der Waals surface area contributed by atoms with Gasteiger partial charge in [-0.3, -0.25) is 0 Å². The second-order valence-electron chi connectivity index (χ2n) is 6.04. The smallest absolute Gasteiger partial charge is 0.130 e. The molecular weight excluding hydrogens is 204 g/mol. The summed E-state index contributed by atoms with van der Waals surface area (Å²) in [6, 6.07) is 0. The molecule has 0 aliphatic heterocycles. The highest BCUT2D eigenvalue weighted by atomic mass is 28.3. The summed E-state index contributed by atoms with van der Waals surface area (Å²) in [6.07, 6.45) is 0.422. The molecule has 0 spiro atoms. The Kier molecular flexibility index (Phi) is 4.46. The molecule has 0 radical (unpaired) electrons. The molecule has 0 amide bonds. The molecule has 3 heteroatoms. The van der Waals surface area contributed by atoms with E-state index >= 15 is 0 Å². The van der Waals surface area contributed by atoms with Gasteiger partial charge in [-0.1, -0.05) is 33.9 Å². The van der Waals surface area contributed by atoms with Crippen molar-refractivity contribution in [2.75, 3.05) is 0 Å². The van der Waals surface area contributed by atoms with Crippen LogP contribution < -0.4 is 0 Å². The average molecular weight is 228 g/mol. The minimum atomic E-state index is -1.73. The van der Waals surface area contributed by atoms with Gasteiger partial charge in [0.2, 0.25) is 0 Å². The first-order valence-electron chi connectivity index (χ1n) is 5.50. The molecule has 88 valence electrons. The Hall–Kier alpha value is -0.443. The van der Waals surface area contributed by atoms with Crippen LogP contribution in [0.5, 0.6) is 0 Å². The highest BCUT2D eigenvalue weighted by Gasteiger charge is 2.44. The molecule has 0 saturated carbocycles. The molecule has 0 aliphatic carbocycles. The van der Waals surface area contributed by atoms with Gasteiger partial charge in [0.1, 0.15) is 11.6 Å². The number of hydrogen-bond acceptors (Lipinski definition) is 2. The second kappa shape index (κ2) is 4.60. The van der Waals surface area contributed by atoms with Gasteiger partial charge >= 0.3 is 0 Å². The van der Waals surface area contributed by atoms with Gasteiger partial charge in [-0.2, -0.15) is 0 Å². The Morgan fingerprint density at radius 1 is 1.13 bits per heavy atom. The quantitative estimate of drug-likeness (QED) is 0.691. The van der Waals surface area contributed by atoms with Crippen LogP contribution >= 0.6 is 0 Å². The molecule has 1 atom stereocenters. The Morgan fingerprint density at radius 2 is 1.53 bits per heavy atom. The van der Waals surface area contributed by atoms with E-state index in [1.54, 1.807) is 13.8 Å². The van der Waals surface area contributed by atoms with Gasteiger partial charge in [0.25, 0.3) is 0 Å². The van der Waals surface area contributed by atoms with Crippen LogP contribution in [0, 0.1) is 0 Å². The summed E-state index contributed by atoms with van der Waals surface area (Å²) in [5.41, 5.74) is -0.0324. The van der Waals surface area contributed by atoms with Crippen LogP contribution in [0.25, 0.3) is 0 Å². The highest BCUT2D eigenvalue weighted by molar-refractivity contribution is 6.84. The van der Waals surface area contributed by atoms with Gasteiger partial charge in [-0.25, -0.2) is 0 Å². The summed E-state index contributed by atoms with van der Waals surface area (Å²) in [5.74, 6) is 0.303. The third-order valence-corrected chi connectivity index (χ3v) is 10.0. The fourth-order valence-corrected chi connectivity index (χ4v) is 4.58. The van der Waals surface area contributed by atoms with E-state index in [1.165, 1.54) is 0 Å². The molecule has 0 saturated heterocycles. The van der Waals surface area contributed by atoms with E-state index in [9.17, 15) is 9.59 Å². The summed E-state index contributed by atoms with van der Waals surface area (Å²) < 4.78 is 0. The SMILES string of the molecule is CC(=O)CC(C(C)=O)[Si](C)(C)C(C)(C)C. The van der Waals surface area contributed by atoms with Crippen LogP contribution in [0.1, 0.15) is 41.0 Å². The Bertz CT molecular complexity index is 261. The third-order valence-electron chi connectivity index (χ3n) is 3.79. The fourth-order valence-electron chi connectivity index (χ4n) is 1.72. The lowest BCUT2D eigenvalue weighted by Gasteiger charge is -2.42. The van der Waals surface area contributed by atoms with E-state index in [0.29, 0.717) is 6.42 Å². The maximum absolute atomic E-state index is 11.7. The van der Waals surface area contributed by atoms with E-state index in [4.69, 9.17) is 0 Å². The first-order chi connectivity index (χ1) is 6.50. The van der Waals surface area contributed by atoms with E-state index in [-0.39, 0.29) is 22.1 Å². The number of hydrogen-bond donors (Lipinski definition) is 0. The van der Waals surface area contributed by atoms with Crippen molar-refractivity contribution in [2.24, 2.45) is 0 Å². The van der Waals surface area contributed by atoms with E-state index < -0.39 is 8.07 Å². The van der Waals surface area contributed by atoms with Crippen LogP contribution in [0.15, 0.2) is 0 Å². The lowest BCUT2D eigenvalue weighted by molar-refractivity contribution is -0.122. The zero-order valence-electron chi connectivity index (χ0n) is 11.1. The molecule has 15 heavy (non-hydrogen) atoms. The molecule has 0 heterocycles. The predicted molar refractivity (Wildman–Crippen MR) is 66.9 cm³/mol. The van der Waals surface area contributed by atoms with Gasteiger partial charge in [0.05, 0.1) is 8.07 Å². The molecule has 2 nitrogen and oxygen atoms in total. The highest BCUT2D eigenvalue weighted by Crippen LogP contribution is 2.45.